The highest BCUT2D eigenvalue weighted by atomic mass is 35.5. The Bertz CT molecular complexity index is 437. The number of amides is 1. The Morgan fingerprint density at radius 2 is 1.74 bits per heavy atom. The first-order valence-corrected chi connectivity index (χ1v) is 6.51. The number of halogens is 1. The molecule has 2 atom stereocenters. The van der Waals surface area contributed by atoms with Crippen LogP contribution in [0, 0.1) is 11.8 Å². The van der Waals surface area contributed by atoms with E-state index in [1.165, 1.54) is 6.42 Å². The van der Waals surface area contributed by atoms with Crippen LogP contribution >= 0.6 is 12.4 Å². The average Bonchev–Trinajstić information content (AvgIpc) is 2.38. The van der Waals surface area contributed by atoms with Crippen LogP contribution in [0.15, 0.2) is 24.3 Å². The maximum atomic E-state index is 12.4. The number of nitrogens with zero attached hydrogens (tertiary/aromatic N) is 1. The van der Waals surface area contributed by atoms with E-state index in [0.717, 1.165) is 26.2 Å². The highest BCUT2D eigenvalue weighted by Crippen LogP contribution is 2.25. The second-order valence-corrected chi connectivity index (χ2v) is 5.38. The van der Waals surface area contributed by atoms with Crippen molar-refractivity contribution in [2.75, 3.05) is 26.2 Å². The summed E-state index contributed by atoms with van der Waals surface area (Å²) in [7, 11) is 0. The Labute approximate surface area is 119 Å². The number of benzene rings is 1. The van der Waals surface area contributed by atoms with Gasteiger partial charge in [0, 0.05) is 18.7 Å². The zero-order valence-corrected chi connectivity index (χ0v) is 11.5. The van der Waals surface area contributed by atoms with Crippen LogP contribution in [0.25, 0.3) is 0 Å². The summed E-state index contributed by atoms with van der Waals surface area (Å²) in [5.41, 5.74) is 0.667. The number of carbonyl (C=O) groups excluding carboxylic acids is 1. The quantitative estimate of drug-likeness (QED) is 0.821. The van der Waals surface area contributed by atoms with E-state index in [1.807, 2.05) is 4.90 Å². The van der Waals surface area contributed by atoms with Gasteiger partial charge in [0.1, 0.15) is 5.75 Å². The lowest BCUT2D eigenvalue weighted by Gasteiger charge is -2.41. The standard InChI is InChI=1S/C14H18N2O2.ClH/c17-13-3-1-12(2-4-13)14(18)16-8-10-5-11(9-16)7-15-6-10;/h1-4,10-11,15,17H,5-9H2;1H/t10-,11+;. The minimum absolute atomic E-state index is 0. The lowest BCUT2D eigenvalue weighted by molar-refractivity contribution is 0.0537. The van der Waals surface area contributed by atoms with Gasteiger partial charge < -0.3 is 15.3 Å². The van der Waals surface area contributed by atoms with Gasteiger partial charge in [0.05, 0.1) is 0 Å². The molecule has 1 aromatic rings. The highest BCUT2D eigenvalue weighted by molar-refractivity contribution is 5.94. The molecule has 0 aromatic heterocycles. The fraction of sp³-hybridized carbons (Fsp3) is 0.500. The van der Waals surface area contributed by atoms with E-state index in [1.54, 1.807) is 24.3 Å². The summed E-state index contributed by atoms with van der Waals surface area (Å²) in [5.74, 6) is 1.48. The molecule has 2 aliphatic rings. The average molecular weight is 283 g/mol. The molecular formula is C14H19ClN2O2. The number of phenols is 1. The normalized spacial score (nSPS) is 25.6. The molecule has 0 unspecified atom stereocenters. The molecule has 2 heterocycles. The minimum Gasteiger partial charge on any atom is -0.508 e. The van der Waals surface area contributed by atoms with E-state index in [2.05, 4.69) is 5.32 Å². The molecule has 2 bridgehead atoms. The maximum absolute atomic E-state index is 12.4. The lowest BCUT2D eigenvalue weighted by atomic mass is 9.85. The van der Waals surface area contributed by atoms with Gasteiger partial charge in [-0.15, -0.1) is 12.4 Å². The molecule has 0 aliphatic carbocycles. The number of hydrogen-bond acceptors (Lipinski definition) is 3. The molecule has 2 aliphatic heterocycles. The Balaban J connectivity index is 0.00000133. The third kappa shape index (κ3) is 3.01. The van der Waals surface area contributed by atoms with Gasteiger partial charge in [0.2, 0.25) is 0 Å². The van der Waals surface area contributed by atoms with Crippen LogP contribution in [0.1, 0.15) is 16.8 Å². The van der Waals surface area contributed by atoms with Gasteiger partial charge in [-0.25, -0.2) is 0 Å². The summed E-state index contributed by atoms with van der Waals surface area (Å²) in [6, 6.07) is 6.53. The molecule has 1 aromatic carbocycles. The third-order valence-electron chi connectivity index (χ3n) is 3.89. The van der Waals surface area contributed by atoms with Crippen molar-refractivity contribution in [3.8, 4) is 5.75 Å². The summed E-state index contributed by atoms with van der Waals surface area (Å²) in [6.45, 7) is 3.75. The van der Waals surface area contributed by atoms with Crippen molar-refractivity contribution in [1.82, 2.24) is 10.2 Å². The number of fused-ring (bicyclic) bond motifs is 2. The summed E-state index contributed by atoms with van der Waals surface area (Å²) in [4.78, 5) is 14.3. The fourth-order valence-corrected chi connectivity index (χ4v) is 3.06. The SMILES string of the molecule is Cl.O=C(c1ccc(O)cc1)N1C[C@@H]2CNC[C@@H](C2)C1. The molecule has 5 heteroatoms. The number of piperidine rings is 2. The first kappa shape index (κ1) is 14.2. The van der Waals surface area contributed by atoms with Crippen molar-refractivity contribution in [3.05, 3.63) is 29.8 Å². The Kier molecular flexibility index (Phi) is 4.32. The molecule has 1 amide bonds. The largest absolute Gasteiger partial charge is 0.508 e. The smallest absolute Gasteiger partial charge is 0.253 e. The number of aromatic hydroxyl groups is 1. The molecular weight excluding hydrogens is 264 g/mol. The van der Waals surface area contributed by atoms with Crippen molar-refractivity contribution >= 4 is 18.3 Å². The number of phenolic OH excluding ortho intramolecular Hbond substituents is 1. The number of carbonyl (C=O) groups is 1. The third-order valence-corrected chi connectivity index (χ3v) is 3.89. The van der Waals surface area contributed by atoms with Crippen LogP contribution in [0.4, 0.5) is 0 Å². The molecule has 2 fully saturated rings. The minimum atomic E-state index is 0. The van der Waals surface area contributed by atoms with Gasteiger partial charge in [0.25, 0.3) is 5.91 Å². The predicted molar refractivity (Wildman–Crippen MR) is 75.7 cm³/mol. The first-order chi connectivity index (χ1) is 8.72. The van der Waals surface area contributed by atoms with Gasteiger partial charge in [-0.2, -0.15) is 0 Å². The van der Waals surface area contributed by atoms with Crippen LogP contribution < -0.4 is 5.32 Å². The van der Waals surface area contributed by atoms with Gasteiger partial charge in [-0.05, 0) is 55.6 Å². The molecule has 3 rings (SSSR count). The molecule has 2 saturated heterocycles. The van der Waals surface area contributed by atoms with Crippen molar-refractivity contribution in [2.45, 2.75) is 6.42 Å². The molecule has 104 valence electrons. The molecule has 2 N–H and O–H groups in total. The summed E-state index contributed by atoms with van der Waals surface area (Å²) >= 11 is 0. The van der Waals surface area contributed by atoms with Crippen LogP contribution in [0.2, 0.25) is 0 Å². The second-order valence-electron chi connectivity index (χ2n) is 5.38. The van der Waals surface area contributed by atoms with Gasteiger partial charge in [-0.1, -0.05) is 0 Å². The Morgan fingerprint density at radius 1 is 1.16 bits per heavy atom. The van der Waals surface area contributed by atoms with Gasteiger partial charge in [-0.3, -0.25) is 4.79 Å². The molecule has 19 heavy (non-hydrogen) atoms. The van der Waals surface area contributed by atoms with Crippen LogP contribution in [0.3, 0.4) is 0 Å². The van der Waals surface area contributed by atoms with E-state index in [9.17, 15) is 9.90 Å². The monoisotopic (exact) mass is 282 g/mol. The Hall–Kier alpha value is -1.26. The van der Waals surface area contributed by atoms with E-state index in [0.29, 0.717) is 17.4 Å². The number of hydrogen-bond donors (Lipinski definition) is 2. The van der Waals surface area contributed by atoms with E-state index in [4.69, 9.17) is 0 Å². The van der Waals surface area contributed by atoms with Gasteiger partial charge in [0.15, 0.2) is 0 Å². The van der Waals surface area contributed by atoms with Crippen LogP contribution in [0.5, 0.6) is 5.75 Å². The molecule has 4 nitrogen and oxygen atoms in total. The van der Waals surface area contributed by atoms with E-state index < -0.39 is 0 Å². The van der Waals surface area contributed by atoms with Crippen molar-refractivity contribution in [3.63, 3.8) is 0 Å². The lowest BCUT2D eigenvalue weighted by Crippen LogP contribution is -2.52. The second kappa shape index (κ2) is 5.80. The summed E-state index contributed by atoms with van der Waals surface area (Å²) < 4.78 is 0. The van der Waals surface area contributed by atoms with Crippen molar-refractivity contribution in [1.29, 1.82) is 0 Å². The zero-order chi connectivity index (χ0) is 12.5. The number of nitrogens with one attached hydrogen (secondary N) is 1. The van der Waals surface area contributed by atoms with Crippen LogP contribution in [-0.4, -0.2) is 42.1 Å². The predicted octanol–water partition coefficient (Wildman–Crippen LogP) is 1.50. The van der Waals surface area contributed by atoms with Crippen molar-refractivity contribution in [2.24, 2.45) is 11.8 Å². The molecule has 0 saturated carbocycles. The van der Waals surface area contributed by atoms with Crippen molar-refractivity contribution < 1.29 is 9.90 Å². The maximum Gasteiger partial charge on any atom is 0.253 e. The van der Waals surface area contributed by atoms with E-state index in [-0.39, 0.29) is 24.1 Å². The number of likely N-dealkylation sites (tertiary alicyclic amines) is 1. The Morgan fingerprint density at radius 3 is 2.32 bits per heavy atom. The summed E-state index contributed by atoms with van der Waals surface area (Å²) in [6.07, 6.45) is 1.24. The topological polar surface area (TPSA) is 52.6 Å². The zero-order valence-electron chi connectivity index (χ0n) is 10.7. The highest BCUT2D eigenvalue weighted by Gasteiger charge is 2.32. The van der Waals surface area contributed by atoms with Gasteiger partial charge >= 0.3 is 0 Å². The van der Waals surface area contributed by atoms with E-state index >= 15 is 0 Å². The molecule has 0 radical (unpaired) electrons. The fourth-order valence-electron chi connectivity index (χ4n) is 3.06. The van der Waals surface area contributed by atoms with Crippen LogP contribution in [-0.2, 0) is 0 Å². The first-order valence-electron chi connectivity index (χ1n) is 6.51. The summed E-state index contributed by atoms with van der Waals surface area (Å²) in [5, 5.41) is 12.7. The molecule has 0 spiro atoms. The number of rotatable bonds is 1.